The monoisotopic (exact) mass is 337 g/mol. The molecule has 24 heavy (non-hydrogen) atoms. The zero-order valence-corrected chi connectivity index (χ0v) is 14.7. The molecule has 4 bridgehead atoms. The summed E-state index contributed by atoms with van der Waals surface area (Å²) in [5, 5.41) is 8.94. The van der Waals surface area contributed by atoms with Gasteiger partial charge in [-0.25, -0.2) is 4.79 Å². The molecule has 0 aliphatic heterocycles. The predicted octanol–water partition coefficient (Wildman–Crippen LogP) is 1.80. The van der Waals surface area contributed by atoms with Crippen LogP contribution in [0.4, 0.5) is 4.79 Å². The maximum atomic E-state index is 12.2. The van der Waals surface area contributed by atoms with Gasteiger partial charge < -0.3 is 20.7 Å². The Kier molecular flexibility index (Phi) is 5.64. The van der Waals surface area contributed by atoms with Crippen molar-refractivity contribution in [3.05, 3.63) is 0 Å². The summed E-state index contributed by atoms with van der Waals surface area (Å²) in [6.07, 6.45) is 8.66. The van der Waals surface area contributed by atoms with Gasteiger partial charge in [-0.1, -0.05) is 0 Å². The number of carbonyl (C=O) groups is 2. The standard InChI is InChI=1S/C18H31N3O3/c1-24-6-2-4-19-16(22)3-5-20-17(23)21-18-10-13-7-14(11-18)9-15(8-13)12-18/h13-15H,2-12H2,1H3,(H,19,22)(H2,20,21,23). The van der Waals surface area contributed by atoms with Crippen molar-refractivity contribution in [3.8, 4) is 0 Å². The second-order valence-electron chi connectivity index (χ2n) is 8.03. The van der Waals surface area contributed by atoms with Crippen LogP contribution >= 0.6 is 0 Å². The molecule has 0 aromatic carbocycles. The molecular weight excluding hydrogens is 306 g/mol. The molecule has 0 radical (unpaired) electrons. The third-order valence-electron chi connectivity index (χ3n) is 5.90. The zero-order chi connectivity index (χ0) is 17.0. The molecule has 3 amide bonds. The summed E-state index contributed by atoms with van der Waals surface area (Å²) in [6.45, 7) is 1.65. The van der Waals surface area contributed by atoms with Crippen molar-refractivity contribution in [1.82, 2.24) is 16.0 Å². The van der Waals surface area contributed by atoms with Crippen LogP contribution in [-0.4, -0.2) is 44.3 Å². The van der Waals surface area contributed by atoms with Crippen LogP contribution in [0.25, 0.3) is 0 Å². The van der Waals surface area contributed by atoms with Crippen LogP contribution in [0.5, 0.6) is 0 Å². The summed E-state index contributed by atoms with van der Waals surface area (Å²) >= 11 is 0. The lowest BCUT2D eigenvalue weighted by Crippen LogP contribution is -2.61. The number of carbonyl (C=O) groups excluding carboxylic acids is 2. The fourth-order valence-corrected chi connectivity index (χ4v) is 5.37. The molecule has 136 valence electrons. The van der Waals surface area contributed by atoms with Gasteiger partial charge in [0.15, 0.2) is 0 Å². The number of hydrogen-bond acceptors (Lipinski definition) is 3. The molecule has 4 fully saturated rings. The number of urea groups is 1. The summed E-state index contributed by atoms with van der Waals surface area (Å²) in [4.78, 5) is 23.9. The van der Waals surface area contributed by atoms with E-state index >= 15 is 0 Å². The summed E-state index contributed by atoms with van der Waals surface area (Å²) < 4.78 is 4.93. The Morgan fingerprint density at radius 2 is 1.62 bits per heavy atom. The van der Waals surface area contributed by atoms with Crippen LogP contribution < -0.4 is 16.0 Å². The molecule has 3 N–H and O–H groups in total. The molecule has 4 saturated carbocycles. The SMILES string of the molecule is COCCCNC(=O)CCNC(=O)NC12CC3CC(CC(C3)C1)C2. The van der Waals surface area contributed by atoms with Crippen molar-refractivity contribution in [2.24, 2.45) is 17.8 Å². The third kappa shape index (κ3) is 4.41. The van der Waals surface area contributed by atoms with Crippen LogP contribution in [0.3, 0.4) is 0 Å². The molecule has 6 heteroatoms. The minimum absolute atomic E-state index is 0.0267. The van der Waals surface area contributed by atoms with E-state index in [4.69, 9.17) is 4.74 Å². The average Bonchev–Trinajstić information content (AvgIpc) is 2.49. The van der Waals surface area contributed by atoms with E-state index in [1.165, 1.54) is 19.3 Å². The van der Waals surface area contributed by atoms with Gasteiger partial charge in [-0.05, 0) is 62.7 Å². The third-order valence-corrected chi connectivity index (χ3v) is 5.90. The van der Waals surface area contributed by atoms with Crippen LogP contribution in [0, 0.1) is 17.8 Å². The predicted molar refractivity (Wildman–Crippen MR) is 91.6 cm³/mol. The van der Waals surface area contributed by atoms with Crippen molar-refractivity contribution in [2.45, 2.75) is 56.9 Å². The van der Waals surface area contributed by atoms with Crippen molar-refractivity contribution in [3.63, 3.8) is 0 Å². The van der Waals surface area contributed by atoms with Crippen LogP contribution in [0.2, 0.25) is 0 Å². The molecule has 4 rings (SSSR count). The average molecular weight is 337 g/mol. The number of amides is 3. The Balaban J connectivity index is 1.34. The molecule has 4 aliphatic rings. The molecular formula is C18H31N3O3. The van der Waals surface area contributed by atoms with E-state index in [-0.39, 0.29) is 17.5 Å². The Labute approximate surface area is 144 Å². The zero-order valence-electron chi connectivity index (χ0n) is 14.7. The van der Waals surface area contributed by atoms with E-state index in [1.807, 2.05) is 0 Å². The maximum Gasteiger partial charge on any atom is 0.315 e. The van der Waals surface area contributed by atoms with Crippen molar-refractivity contribution in [1.29, 1.82) is 0 Å². The fourth-order valence-electron chi connectivity index (χ4n) is 5.37. The minimum atomic E-state index is -0.107. The van der Waals surface area contributed by atoms with Crippen LogP contribution in [0.15, 0.2) is 0 Å². The molecule has 6 nitrogen and oxygen atoms in total. The number of methoxy groups -OCH3 is 1. The highest BCUT2D eigenvalue weighted by atomic mass is 16.5. The number of nitrogens with one attached hydrogen (secondary N) is 3. The summed E-state index contributed by atoms with van der Waals surface area (Å²) in [7, 11) is 1.65. The lowest BCUT2D eigenvalue weighted by Gasteiger charge is -2.56. The first-order valence-electron chi connectivity index (χ1n) is 9.40. The first kappa shape index (κ1) is 17.5. The van der Waals surface area contributed by atoms with E-state index in [9.17, 15) is 9.59 Å². The highest BCUT2D eigenvalue weighted by molar-refractivity contribution is 5.78. The first-order chi connectivity index (χ1) is 11.6. The van der Waals surface area contributed by atoms with E-state index in [2.05, 4.69) is 16.0 Å². The minimum Gasteiger partial charge on any atom is -0.385 e. The van der Waals surface area contributed by atoms with Gasteiger partial charge in [-0.2, -0.15) is 0 Å². The van der Waals surface area contributed by atoms with E-state index < -0.39 is 0 Å². The molecule has 0 saturated heterocycles. The Hall–Kier alpha value is -1.30. The van der Waals surface area contributed by atoms with E-state index in [0.717, 1.165) is 43.4 Å². The van der Waals surface area contributed by atoms with Crippen LogP contribution in [0.1, 0.15) is 51.4 Å². The smallest absolute Gasteiger partial charge is 0.315 e. The second kappa shape index (κ2) is 7.72. The van der Waals surface area contributed by atoms with Crippen molar-refractivity contribution >= 4 is 11.9 Å². The number of ether oxygens (including phenoxy) is 1. The first-order valence-corrected chi connectivity index (χ1v) is 9.40. The van der Waals surface area contributed by atoms with Gasteiger partial charge in [-0.15, -0.1) is 0 Å². The Morgan fingerprint density at radius 3 is 2.21 bits per heavy atom. The van der Waals surface area contributed by atoms with Gasteiger partial charge in [0, 0.05) is 38.8 Å². The molecule has 0 aromatic rings. The number of rotatable bonds is 8. The highest BCUT2D eigenvalue weighted by Crippen LogP contribution is 2.55. The topological polar surface area (TPSA) is 79.5 Å². The summed E-state index contributed by atoms with van der Waals surface area (Å²) in [5.74, 6) is 2.42. The maximum absolute atomic E-state index is 12.2. The van der Waals surface area contributed by atoms with Crippen LogP contribution in [-0.2, 0) is 9.53 Å². The van der Waals surface area contributed by atoms with Gasteiger partial charge in [0.2, 0.25) is 5.91 Å². The van der Waals surface area contributed by atoms with Gasteiger partial charge in [-0.3, -0.25) is 4.79 Å². The Morgan fingerprint density at radius 1 is 1.00 bits per heavy atom. The van der Waals surface area contributed by atoms with Crippen molar-refractivity contribution in [2.75, 3.05) is 26.8 Å². The number of hydrogen-bond donors (Lipinski definition) is 3. The molecule has 4 aliphatic carbocycles. The van der Waals surface area contributed by atoms with Gasteiger partial charge in [0.25, 0.3) is 0 Å². The van der Waals surface area contributed by atoms with Crippen molar-refractivity contribution < 1.29 is 14.3 Å². The summed E-state index contributed by atoms with van der Waals surface area (Å²) in [5.41, 5.74) is 0.0290. The Bertz CT molecular complexity index is 431. The lowest BCUT2D eigenvalue weighted by molar-refractivity contribution is -0.120. The fraction of sp³-hybridized carbons (Fsp3) is 0.889. The molecule has 0 aromatic heterocycles. The van der Waals surface area contributed by atoms with E-state index in [0.29, 0.717) is 26.1 Å². The van der Waals surface area contributed by atoms with Gasteiger partial charge in [0.05, 0.1) is 0 Å². The summed E-state index contributed by atoms with van der Waals surface area (Å²) in [6, 6.07) is -0.107. The van der Waals surface area contributed by atoms with E-state index in [1.54, 1.807) is 7.11 Å². The molecule has 0 heterocycles. The second-order valence-corrected chi connectivity index (χ2v) is 8.03. The van der Waals surface area contributed by atoms with Gasteiger partial charge >= 0.3 is 6.03 Å². The molecule has 0 spiro atoms. The normalized spacial score (nSPS) is 33.3. The van der Waals surface area contributed by atoms with Gasteiger partial charge in [0.1, 0.15) is 0 Å². The largest absolute Gasteiger partial charge is 0.385 e. The lowest BCUT2D eigenvalue weighted by atomic mass is 9.53. The molecule has 0 unspecified atom stereocenters. The quantitative estimate of drug-likeness (QED) is 0.591. The molecule has 0 atom stereocenters. The highest BCUT2D eigenvalue weighted by Gasteiger charge is 2.51.